The number of rotatable bonds is 2. The van der Waals surface area contributed by atoms with Crippen molar-refractivity contribution >= 4 is 23.2 Å². The Labute approximate surface area is 166 Å². The van der Waals surface area contributed by atoms with Crippen LogP contribution < -0.4 is 0 Å². The van der Waals surface area contributed by atoms with E-state index in [9.17, 15) is 14.7 Å². The van der Waals surface area contributed by atoms with E-state index in [1.165, 1.54) is 11.3 Å². The molecular weight excluding hydrogens is 380 g/mol. The molecule has 2 aromatic rings. The number of aryl methyl sites for hydroxylation is 1. The largest absolute Gasteiger partial charge is 0.477 e. The number of piperidine rings is 1. The van der Waals surface area contributed by atoms with Crippen LogP contribution in [0.25, 0.3) is 0 Å². The Hall–Kier alpha value is -2.26. The first-order valence-electron chi connectivity index (χ1n) is 9.79. The predicted molar refractivity (Wildman–Crippen MR) is 101 cm³/mol. The number of carbonyl (C=O) groups excluding carboxylic acids is 1. The number of likely N-dealkylation sites (tertiary alicyclic amines) is 1. The quantitative estimate of drug-likeness (QED) is 0.826. The third kappa shape index (κ3) is 2.76. The Bertz CT molecular complexity index is 942. The molecule has 0 aromatic carbocycles. The van der Waals surface area contributed by atoms with Gasteiger partial charge in [-0.15, -0.1) is 21.5 Å². The first kappa shape index (κ1) is 17.8. The molecule has 1 saturated heterocycles. The molecule has 0 radical (unpaired) electrons. The minimum Gasteiger partial charge on any atom is -0.477 e. The summed E-state index contributed by atoms with van der Waals surface area (Å²) in [5.74, 6) is 0.393. The zero-order valence-corrected chi connectivity index (χ0v) is 16.3. The number of ether oxygens (including phenoxy) is 1. The van der Waals surface area contributed by atoms with Crippen molar-refractivity contribution in [2.45, 2.75) is 50.7 Å². The number of aromatic carboxylic acids is 1. The summed E-state index contributed by atoms with van der Waals surface area (Å²) in [5, 5.41) is 17.7. The number of carbonyl (C=O) groups is 2. The maximum Gasteiger partial charge on any atom is 0.345 e. The fraction of sp³-hybridized carbons (Fsp3) is 0.579. The lowest BCUT2D eigenvalue weighted by molar-refractivity contribution is -0.0927. The Morgan fingerprint density at radius 3 is 2.75 bits per heavy atom. The molecule has 28 heavy (non-hydrogen) atoms. The van der Waals surface area contributed by atoms with E-state index in [1.54, 1.807) is 6.07 Å². The van der Waals surface area contributed by atoms with Crippen LogP contribution in [0.3, 0.4) is 0 Å². The van der Waals surface area contributed by atoms with Gasteiger partial charge >= 0.3 is 5.97 Å². The third-order valence-corrected chi connectivity index (χ3v) is 7.31. The zero-order chi connectivity index (χ0) is 19.3. The minimum atomic E-state index is -0.890. The normalized spacial score (nSPS) is 20.6. The van der Waals surface area contributed by atoms with Crippen LogP contribution in [-0.2, 0) is 29.7 Å². The average Bonchev–Trinajstić information content (AvgIpc) is 3.34. The van der Waals surface area contributed by atoms with Crippen LogP contribution in [0, 0.1) is 0 Å². The van der Waals surface area contributed by atoms with E-state index in [0.29, 0.717) is 43.2 Å². The number of hydrogen-bond donors (Lipinski definition) is 1. The van der Waals surface area contributed by atoms with Gasteiger partial charge in [0.15, 0.2) is 0 Å². The van der Waals surface area contributed by atoms with E-state index in [4.69, 9.17) is 4.74 Å². The standard InChI is InChI=1S/C19H22N4O4S/c24-17(16-21-20-15-3-1-2-7-23(15)16)22-8-5-19(6-9-22)12-11-14(18(25)26)28-13(12)4-10-27-19/h11H,1-10H2,(H,25,26). The first-order valence-corrected chi connectivity index (χ1v) is 10.6. The number of aromatic nitrogens is 3. The van der Waals surface area contributed by atoms with Crippen LogP contribution in [0.4, 0.5) is 0 Å². The molecule has 2 aromatic heterocycles. The molecule has 3 aliphatic heterocycles. The van der Waals surface area contributed by atoms with Crippen LogP contribution in [0.2, 0.25) is 0 Å². The monoisotopic (exact) mass is 402 g/mol. The molecule has 8 nitrogen and oxygen atoms in total. The molecule has 1 amide bonds. The van der Waals surface area contributed by atoms with Crippen molar-refractivity contribution in [3.63, 3.8) is 0 Å². The van der Waals surface area contributed by atoms with Gasteiger partial charge in [0.2, 0.25) is 5.82 Å². The lowest BCUT2D eigenvalue weighted by Crippen LogP contribution is -2.48. The maximum atomic E-state index is 13.0. The van der Waals surface area contributed by atoms with Gasteiger partial charge in [-0.2, -0.15) is 0 Å². The van der Waals surface area contributed by atoms with E-state index in [0.717, 1.165) is 48.5 Å². The highest BCUT2D eigenvalue weighted by molar-refractivity contribution is 7.14. The highest BCUT2D eigenvalue weighted by atomic mass is 32.1. The van der Waals surface area contributed by atoms with E-state index < -0.39 is 11.6 Å². The fourth-order valence-corrected chi connectivity index (χ4v) is 5.68. The molecule has 9 heteroatoms. The van der Waals surface area contributed by atoms with Crippen molar-refractivity contribution < 1.29 is 19.4 Å². The van der Waals surface area contributed by atoms with Gasteiger partial charge in [-0.05, 0) is 37.3 Å². The lowest BCUT2D eigenvalue weighted by Gasteiger charge is -2.43. The molecule has 0 atom stereocenters. The van der Waals surface area contributed by atoms with E-state index in [2.05, 4.69) is 10.2 Å². The number of hydrogen-bond acceptors (Lipinski definition) is 6. The predicted octanol–water partition coefficient (Wildman–Crippen LogP) is 2.08. The topological polar surface area (TPSA) is 97.6 Å². The van der Waals surface area contributed by atoms with Gasteiger partial charge in [-0.25, -0.2) is 4.79 Å². The summed E-state index contributed by atoms with van der Waals surface area (Å²) in [6.45, 7) is 2.54. The van der Waals surface area contributed by atoms with Crippen molar-refractivity contribution in [1.82, 2.24) is 19.7 Å². The zero-order valence-electron chi connectivity index (χ0n) is 15.5. The minimum absolute atomic E-state index is 0.0666. The summed E-state index contributed by atoms with van der Waals surface area (Å²) in [7, 11) is 0. The summed E-state index contributed by atoms with van der Waals surface area (Å²) >= 11 is 1.35. The van der Waals surface area contributed by atoms with Crippen molar-refractivity contribution in [2.75, 3.05) is 19.7 Å². The van der Waals surface area contributed by atoms with Crippen molar-refractivity contribution in [3.05, 3.63) is 33.0 Å². The molecule has 1 N–H and O–H groups in total. The van der Waals surface area contributed by atoms with Gasteiger partial charge < -0.3 is 19.3 Å². The molecule has 3 aliphatic rings. The van der Waals surface area contributed by atoms with Crippen LogP contribution in [0.1, 0.15) is 62.2 Å². The van der Waals surface area contributed by atoms with Gasteiger partial charge in [0.05, 0.1) is 12.2 Å². The molecule has 1 fully saturated rings. The number of thiophene rings is 1. The number of carboxylic acids is 1. The van der Waals surface area contributed by atoms with E-state index in [1.807, 2.05) is 9.47 Å². The smallest absolute Gasteiger partial charge is 0.345 e. The highest BCUT2D eigenvalue weighted by Gasteiger charge is 2.43. The highest BCUT2D eigenvalue weighted by Crippen LogP contribution is 2.44. The molecule has 0 saturated carbocycles. The maximum absolute atomic E-state index is 13.0. The van der Waals surface area contributed by atoms with Gasteiger partial charge in [0.25, 0.3) is 5.91 Å². The fourth-order valence-electron chi connectivity index (χ4n) is 4.61. The first-order chi connectivity index (χ1) is 13.6. The van der Waals surface area contributed by atoms with Gasteiger partial charge in [-0.3, -0.25) is 4.79 Å². The Morgan fingerprint density at radius 2 is 1.96 bits per heavy atom. The molecular formula is C19H22N4O4S. The lowest BCUT2D eigenvalue weighted by atomic mass is 9.82. The number of amides is 1. The Morgan fingerprint density at radius 1 is 1.14 bits per heavy atom. The number of nitrogens with zero attached hydrogens (tertiary/aromatic N) is 4. The van der Waals surface area contributed by atoms with Crippen molar-refractivity contribution in [2.24, 2.45) is 0 Å². The average molecular weight is 402 g/mol. The Kier molecular flexibility index (Phi) is 4.24. The SMILES string of the molecule is O=C(O)c1cc2c(s1)CCOC21CCN(C(=O)c2nnc3n2CCCC3)CC1. The summed E-state index contributed by atoms with van der Waals surface area (Å²) in [6, 6.07) is 1.77. The van der Waals surface area contributed by atoms with Crippen LogP contribution in [0.5, 0.6) is 0 Å². The second-order valence-corrected chi connectivity index (χ2v) is 8.82. The van der Waals surface area contributed by atoms with Crippen molar-refractivity contribution in [3.8, 4) is 0 Å². The van der Waals surface area contributed by atoms with Crippen LogP contribution in [-0.4, -0.2) is 56.3 Å². The molecule has 0 bridgehead atoms. The molecule has 5 rings (SSSR count). The summed E-state index contributed by atoms with van der Waals surface area (Å²) in [6.07, 6.45) is 5.12. The second kappa shape index (κ2) is 6.66. The summed E-state index contributed by atoms with van der Waals surface area (Å²) in [5.41, 5.74) is 0.534. The van der Waals surface area contributed by atoms with Crippen LogP contribution in [0.15, 0.2) is 6.07 Å². The van der Waals surface area contributed by atoms with Gasteiger partial charge in [-0.1, -0.05) is 0 Å². The van der Waals surface area contributed by atoms with Crippen molar-refractivity contribution in [1.29, 1.82) is 0 Å². The van der Waals surface area contributed by atoms with E-state index >= 15 is 0 Å². The van der Waals surface area contributed by atoms with E-state index in [-0.39, 0.29) is 5.91 Å². The number of carboxylic acid groups (broad SMARTS) is 1. The molecule has 148 valence electrons. The van der Waals surface area contributed by atoms with Gasteiger partial charge in [0, 0.05) is 37.4 Å². The molecule has 5 heterocycles. The third-order valence-electron chi connectivity index (χ3n) is 6.13. The van der Waals surface area contributed by atoms with Crippen LogP contribution >= 0.6 is 11.3 Å². The molecule has 0 aliphatic carbocycles. The molecule has 0 unspecified atom stereocenters. The molecule has 1 spiro atoms. The summed E-state index contributed by atoms with van der Waals surface area (Å²) < 4.78 is 8.14. The second-order valence-electron chi connectivity index (χ2n) is 7.69. The number of fused-ring (bicyclic) bond motifs is 3. The summed E-state index contributed by atoms with van der Waals surface area (Å²) in [4.78, 5) is 27.7. The van der Waals surface area contributed by atoms with Gasteiger partial charge in [0.1, 0.15) is 10.7 Å². The Balaban J connectivity index is 1.35.